The Labute approximate surface area is 127 Å². The fourth-order valence-corrected chi connectivity index (χ4v) is 3.46. The van der Waals surface area contributed by atoms with Gasteiger partial charge in [0.25, 0.3) is 5.91 Å². The smallest absolute Gasteiger partial charge is 0.267 e. The number of halogens is 1. The molecule has 1 amide bonds. The number of aromatic nitrogens is 2. The van der Waals surface area contributed by atoms with Crippen LogP contribution in [0.25, 0.3) is 11.3 Å². The van der Waals surface area contributed by atoms with Crippen molar-refractivity contribution in [2.24, 2.45) is 0 Å². The van der Waals surface area contributed by atoms with Gasteiger partial charge in [0.15, 0.2) is 0 Å². The van der Waals surface area contributed by atoms with E-state index in [1.807, 2.05) is 6.07 Å². The molecule has 3 atom stereocenters. The summed E-state index contributed by atoms with van der Waals surface area (Å²) in [5.74, 6) is -0.613. The summed E-state index contributed by atoms with van der Waals surface area (Å²) in [6.45, 7) is 0. The van der Waals surface area contributed by atoms with Gasteiger partial charge in [-0.25, -0.2) is 4.98 Å². The Morgan fingerprint density at radius 1 is 1.27 bits per heavy atom. The Hall–Kier alpha value is -2.21. The van der Waals surface area contributed by atoms with Gasteiger partial charge in [0.2, 0.25) is 5.95 Å². The fraction of sp³-hybridized carbons (Fsp3) is 0.375. The summed E-state index contributed by atoms with van der Waals surface area (Å²) < 4.78 is 12.8. The summed E-state index contributed by atoms with van der Waals surface area (Å²) in [6.07, 6.45) is 4.79. The first-order chi connectivity index (χ1) is 10.7. The second-order valence-electron chi connectivity index (χ2n) is 6.02. The number of rotatable bonds is 3. The normalized spacial score (nSPS) is 26.3. The second-order valence-corrected chi connectivity index (χ2v) is 6.02. The molecule has 2 saturated heterocycles. The maximum absolute atomic E-state index is 12.8. The first-order valence-electron chi connectivity index (χ1n) is 7.57. The summed E-state index contributed by atoms with van der Waals surface area (Å²) in [5.41, 5.74) is 2.02. The van der Waals surface area contributed by atoms with E-state index in [1.54, 1.807) is 12.1 Å². The van der Waals surface area contributed by atoms with Crippen LogP contribution in [0.3, 0.4) is 0 Å². The van der Waals surface area contributed by atoms with Gasteiger partial charge in [-0.1, -0.05) is 0 Å². The molecule has 2 bridgehead atoms. The molecule has 2 fully saturated rings. The zero-order valence-electron chi connectivity index (χ0n) is 12.0. The molecule has 0 saturated carbocycles. The lowest BCUT2D eigenvalue weighted by molar-refractivity contribution is 0.0926. The molecule has 2 aromatic heterocycles. The van der Waals surface area contributed by atoms with Gasteiger partial charge in [-0.2, -0.15) is 4.39 Å². The minimum Gasteiger partial charge on any atom is -0.351 e. The monoisotopic (exact) mass is 300 g/mol. The van der Waals surface area contributed by atoms with Crippen molar-refractivity contribution in [1.29, 1.82) is 0 Å². The first kappa shape index (κ1) is 13.5. The number of nitrogens with one attached hydrogen (secondary N) is 3. The highest BCUT2D eigenvalue weighted by atomic mass is 19.1. The van der Waals surface area contributed by atoms with Gasteiger partial charge in [-0.15, -0.1) is 0 Å². The molecule has 5 nitrogen and oxygen atoms in total. The minimum atomic E-state index is -0.517. The molecule has 0 spiro atoms. The summed E-state index contributed by atoms with van der Waals surface area (Å²) in [5, 5.41) is 6.59. The maximum atomic E-state index is 12.8. The molecule has 4 heterocycles. The Morgan fingerprint density at radius 3 is 2.86 bits per heavy atom. The van der Waals surface area contributed by atoms with Crippen LogP contribution >= 0.6 is 0 Å². The molecule has 114 valence electrons. The number of hydrogen-bond donors (Lipinski definition) is 3. The average Bonchev–Trinajstić information content (AvgIpc) is 3.24. The van der Waals surface area contributed by atoms with Gasteiger partial charge >= 0.3 is 0 Å². The fourth-order valence-electron chi connectivity index (χ4n) is 3.46. The van der Waals surface area contributed by atoms with Gasteiger partial charge < -0.3 is 15.6 Å². The Morgan fingerprint density at radius 2 is 2.18 bits per heavy atom. The molecule has 22 heavy (non-hydrogen) atoms. The summed E-state index contributed by atoms with van der Waals surface area (Å²) in [7, 11) is 0. The molecule has 2 aromatic rings. The van der Waals surface area contributed by atoms with Crippen LogP contribution in [0, 0.1) is 5.95 Å². The maximum Gasteiger partial charge on any atom is 0.267 e. The van der Waals surface area contributed by atoms with Crippen molar-refractivity contribution < 1.29 is 9.18 Å². The molecule has 3 N–H and O–H groups in total. The number of amides is 1. The molecule has 2 aliphatic rings. The van der Waals surface area contributed by atoms with Crippen LogP contribution < -0.4 is 10.6 Å². The molecule has 2 aliphatic heterocycles. The SMILES string of the molecule is O=C(N[C@@H]1C[C@H]2CC[C@@H]1N2)c1ccc(-c2ccc(F)nc2)[nH]1. The van der Waals surface area contributed by atoms with E-state index in [-0.39, 0.29) is 11.9 Å². The predicted octanol–water partition coefficient (Wildman–Crippen LogP) is 1.84. The van der Waals surface area contributed by atoms with Gasteiger partial charge in [0, 0.05) is 35.6 Å². The number of carbonyl (C=O) groups excluding carboxylic acids is 1. The number of fused-ring (bicyclic) bond motifs is 2. The second kappa shape index (κ2) is 5.21. The molecule has 4 rings (SSSR count). The van der Waals surface area contributed by atoms with E-state index in [0.717, 1.165) is 24.1 Å². The van der Waals surface area contributed by atoms with E-state index in [9.17, 15) is 9.18 Å². The van der Waals surface area contributed by atoms with Crippen LogP contribution in [0.5, 0.6) is 0 Å². The Kier molecular flexibility index (Phi) is 3.18. The largest absolute Gasteiger partial charge is 0.351 e. The molecule has 0 aromatic carbocycles. The van der Waals surface area contributed by atoms with Crippen molar-refractivity contribution in [2.45, 2.75) is 37.4 Å². The van der Waals surface area contributed by atoms with Gasteiger partial charge in [0.05, 0.1) is 0 Å². The Bertz CT molecular complexity index is 696. The molecule has 0 radical (unpaired) electrons. The lowest BCUT2D eigenvalue weighted by Crippen LogP contribution is -2.43. The summed E-state index contributed by atoms with van der Waals surface area (Å²) in [6, 6.07) is 7.67. The number of carbonyl (C=O) groups is 1. The van der Waals surface area contributed by atoms with Crippen molar-refractivity contribution in [2.75, 3.05) is 0 Å². The van der Waals surface area contributed by atoms with Crippen molar-refractivity contribution in [3.05, 3.63) is 42.1 Å². The summed E-state index contributed by atoms with van der Waals surface area (Å²) in [4.78, 5) is 19.0. The standard InChI is InChI=1S/C16H17FN4O/c17-15-6-1-9(8-18-15)11-4-5-13(20-11)16(22)21-14-7-10-2-3-12(14)19-10/h1,4-6,8,10,12,14,19-20H,2-3,7H2,(H,21,22)/t10-,12+,14-/m1/s1. The van der Waals surface area contributed by atoms with E-state index >= 15 is 0 Å². The van der Waals surface area contributed by atoms with Crippen LogP contribution in [0.4, 0.5) is 4.39 Å². The topological polar surface area (TPSA) is 69.8 Å². The van der Waals surface area contributed by atoms with Gasteiger partial charge in [-0.05, 0) is 43.5 Å². The lowest BCUT2D eigenvalue weighted by Gasteiger charge is -2.21. The molecule has 0 unspecified atom stereocenters. The third-order valence-corrected chi connectivity index (χ3v) is 4.59. The third-order valence-electron chi connectivity index (χ3n) is 4.59. The number of H-pyrrole nitrogens is 1. The molecular weight excluding hydrogens is 283 g/mol. The Balaban J connectivity index is 1.46. The van der Waals surface area contributed by atoms with E-state index in [4.69, 9.17) is 0 Å². The molecule has 0 aliphatic carbocycles. The van der Waals surface area contributed by atoms with Crippen LogP contribution in [-0.2, 0) is 0 Å². The quantitative estimate of drug-likeness (QED) is 0.758. The van der Waals surface area contributed by atoms with Crippen LogP contribution in [-0.4, -0.2) is 34.0 Å². The van der Waals surface area contributed by atoms with Gasteiger partial charge in [-0.3, -0.25) is 4.79 Å². The van der Waals surface area contributed by atoms with Gasteiger partial charge in [0.1, 0.15) is 5.69 Å². The van der Waals surface area contributed by atoms with Crippen molar-refractivity contribution >= 4 is 5.91 Å². The number of hydrogen-bond acceptors (Lipinski definition) is 3. The number of pyridine rings is 1. The molecular formula is C16H17FN4O. The predicted molar refractivity (Wildman–Crippen MR) is 79.8 cm³/mol. The summed E-state index contributed by atoms with van der Waals surface area (Å²) >= 11 is 0. The first-order valence-corrected chi connectivity index (χ1v) is 7.57. The average molecular weight is 300 g/mol. The zero-order valence-corrected chi connectivity index (χ0v) is 12.0. The molecule has 6 heteroatoms. The van der Waals surface area contributed by atoms with Crippen molar-refractivity contribution in [3.8, 4) is 11.3 Å². The third kappa shape index (κ3) is 2.39. The van der Waals surface area contributed by atoms with Crippen molar-refractivity contribution in [3.63, 3.8) is 0 Å². The van der Waals surface area contributed by atoms with Crippen LogP contribution in [0.15, 0.2) is 30.5 Å². The number of aromatic amines is 1. The van der Waals surface area contributed by atoms with Crippen LogP contribution in [0.2, 0.25) is 0 Å². The van der Waals surface area contributed by atoms with E-state index < -0.39 is 5.95 Å². The highest BCUT2D eigenvalue weighted by Crippen LogP contribution is 2.28. The lowest BCUT2D eigenvalue weighted by atomic mass is 9.95. The van der Waals surface area contributed by atoms with E-state index in [2.05, 4.69) is 20.6 Å². The zero-order chi connectivity index (χ0) is 15.1. The van der Waals surface area contributed by atoms with Crippen LogP contribution in [0.1, 0.15) is 29.8 Å². The highest BCUT2D eigenvalue weighted by Gasteiger charge is 2.39. The van der Waals surface area contributed by atoms with E-state index in [1.165, 1.54) is 18.7 Å². The number of nitrogens with zero attached hydrogens (tertiary/aromatic N) is 1. The van der Waals surface area contributed by atoms with Crippen molar-refractivity contribution in [1.82, 2.24) is 20.6 Å². The minimum absolute atomic E-state index is 0.0966. The highest BCUT2D eigenvalue weighted by molar-refractivity contribution is 5.93. The van der Waals surface area contributed by atoms with E-state index in [0.29, 0.717) is 17.8 Å².